The molecule has 13 heteroatoms. The third-order valence-electron chi connectivity index (χ3n) is 6.07. The zero-order valence-corrected chi connectivity index (χ0v) is 28.3. The Kier molecular flexibility index (Phi) is 14.2. The first kappa shape index (κ1) is 36.3. The minimum absolute atomic E-state index is 0. The van der Waals surface area contributed by atoms with E-state index < -0.39 is 34.2 Å². The first-order valence-corrected chi connectivity index (χ1v) is 15.2. The fourth-order valence-electron chi connectivity index (χ4n) is 3.95. The number of halogens is 2. The molecule has 0 bridgehead atoms. The number of nitriles is 1. The largest absolute Gasteiger partial charge is 1.00 e. The number of aryl methyl sites for hydroxylation is 1. The van der Waals surface area contributed by atoms with Gasteiger partial charge >= 0.3 is 29.6 Å². The molecule has 0 aliphatic heterocycles. The number of amides is 2. The van der Waals surface area contributed by atoms with Crippen LogP contribution in [0.2, 0.25) is 10.0 Å². The topological polar surface area (TPSA) is 144 Å². The predicted molar refractivity (Wildman–Crippen MR) is 161 cm³/mol. The van der Waals surface area contributed by atoms with Gasteiger partial charge < -0.3 is 19.6 Å². The molecule has 0 radical (unpaired) electrons. The Morgan fingerprint density at radius 3 is 2.40 bits per heavy atom. The summed E-state index contributed by atoms with van der Waals surface area (Å²) in [7, 11) is -4.19. The van der Waals surface area contributed by atoms with Crippen molar-refractivity contribution in [2.75, 3.05) is 11.9 Å². The number of ketones is 1. The number of benzene rings is 3. The maximum Gasteiger partial charge on any atom is 1.00 e. The summed E-state index contributed by atoms with van der Waals surface area (Å²) < 4.78 is 34.2. The van der Waals surface area contributed by atoms with Gasteiger partial charge in [-0.25, -0.2) is 8.42 Å². The summed E-state index contributed by atoms with van der Waals surface area (Å²) >= 11 is 12.1. The van der Waals surface area contributed by atoms with Crippen LogP contribution >= 0.6 is 23.2 Å². The minimum atomic E-state index is -4.19. The van der Waals surface area contributed by atoms with Crippen molar-refractivity contribution in [1.29, 1.82) is 5.26 Å². The van der Waals surface area contributed by atoms with Crippen LogP contribution in [0.25, 0.3) is 4.72 Å². The van der Waals surface area contributed by atoms with Crippen LogP contribution in [0.1, 0.15) is 66.1 Å². The van der Waals surface area contributed by atoms with Crippen LogP contribution in [0, 0.1) is 18.3 Å². The third kappa shape index (κ3) is 10.6. The van der Waals surface area contributed by atoms with E-state index in [0.29, 0.717) is 17.7 Å². The Hall–Kier alpha value is -2.91. The zero-order chi connectivity index (χ0) is 30.9. The molecule has 2 amide bonds. The number of rotatable bonds is 13. The molecule has 1 N–H and O–H groups in total. The molecule has 0 heterocycles. The average molecular weight is 653 g/mol. The Bertz CT molecular complexity index is 1660. The van der Waals surface area contributed by atoms with Gasteiger partial charge in [0.1, 0.15) is 15.8 Å². The normalized spacial score (nSPS) is 10.7. The van der Waals surface area contributed by atoms with Crippen molar-refractivity contribution in [1.82, 2.24) is 0 Å². The third-order valence-corrected chi connectivity index (χ3v) is 7.82. The SMILES string of the molecule is CCCCCCC(=O)[N-]S(=O)(=O)c1ccc(NC(=O)COc2ccc(Cl)cc2C(=O)c2cc(Cl)cc(C#N)c2)c(C)c1.[Na+]. The molecule has 3 aromatic rings. The van der Waals surface area contributed by atoms with E-state index in [2.05, 4.69) is 10.0 Å². The minimum Gasteiger partial charge on any atom is -0.542 e. The quantitative estimate of drug-likeness (QED) is 0.167. The number of nitrogens with zero attached hydrogens (tertiary/aromatic N) is 2. The van der Waals surface area contributed by atoms with Crippen LogP contribution in [-0.4, -0.2) is 32.6 Å². The molecular formula is C30H28Cl2N3NaO6S. The van der Waals surface area contributed by atoms with Crippen LogP contribution in [0.15, 0.2) is 59.5 Å². The van der Waals surface area contributed by atoms with Crippen LogP contribution in [0.5, 0.6) is 5.75 Å². The molecule has 0 aromatic heterocycles. The standard InChI is InChI=1S/C30H29Cl2N3O6S.Na/c1-3-4-5-6-7-28(36)35-42(39,40)24-9-10-26(19(2)12-24)34-29(37)18-41-27-11-8-22(31)16-25(27)30(38)21-13-20(17-33)14-23(32)15-21;/h8-16H,3-7,18H2,1-2H3,(H2,34,35,36,37);/q;+1/p-1. The van der Waals surface area contributed by atoms with Crippen LogP contribution in [0.4, 0.5) is 5.69 Å². The van der Waals surface area contributed by atoms with Crippen molar-refractivity contribution in [3.8, 4) is 11.8 Å². The number of hydrogen-bond acceptors (Lipinski definition) is 7. The molecule has 3 rings (SSSR count). The Labute approximate surface area is 283 Å². The van der Waals surface area contributed by atoms with E-state index in [1.54, 1.807) is 6.92 Å². The summed E-state index contributed by atoms with van der Waals surface area (Å²) in [6.45, 7) is 3.15. The van der Waals surface area contributed by atoms with Gasteiger partial charge in [-0.15, -0.1) is 0 Å². The number of anilines is 1. The van der Waals surface area contributed by atoms with Gasteiger partial charge in [0, 0.05) is 21.3 Å². The number of nitrogens with one attached hydrogen (secondary N) is 1. The Morgan fingerprint density at radius 1 is 0.977 bits per heavy atom. The fourth-order valence-corrected chi connectivity index (χ4v) is 5.39. The van der Waals surface area contributed by atoms with Gasteiger partial charge in [0.15, 0.2) is 12.4 Å². The van der Waals surface area contributed by atoms with Crippen molar-refractivity contribution < 1.29 is 57.1 Å². The summed E-state index contributed by atoms with van der Waals surface area (Å²) in [5.74, 6) is -1.70. The second-order valence-corrected chi connectivity index (χ2v) is 11.9. The van der Waals surface area contributed by atoms with Gasteiger partial charge in [-0.2, -0.15) is 5.26 Å². The first-order chi connectivity index (χ1) is 19.9. The molecule has 9 nitrogen and oxygen atoms in total. The summed E-state index contributed by atoms with van der Waals surface area (Å²) in [4.78, 5) is 37.7. The van der Waals surface area contributed by atoms with E-state index in [1.165, 1.54) is 54.6 Å². The molecule has 0 spiro atoms. The van der Waals surface area contributed by atoms with Gasteiger partial charge in [0.05, 0.1) is 28.0 Å². The number of carbonyl (C=O) groups is 3. The zero-order valence-electron chi connectivity index (χ0n) is 23.9. The second kappa shape index (κ2) is 16.8. The number of carbonyl (C=O) groups excluding carboxylic acids is 3. The van der Waals surface area contributed by atoms with Gasteiger partial charge in [0.2, 0.25) is 0 Å². The number of ether oxygens (including phenoxy) is 1. The van der Waals surface area contributed by atoms with Crippen molar-refractivity contribution in [2.45, 2.75) is 50.8 Å². The monoisotopic (exact) mass is 651 g/mol. The van der Waals surface area contributed by atoms with E-state index in [-0.39, 0.29) is 73.4 Å². The number of sulfonamides is 1. The van der Waals surface area contributed by atoms with E-state index in [9.17, 15) is 28.1 Å². The van der Waals surface area contributed by atoms with E-state index in [1.807, 2.05) is 13.0 Å². The van der Waals surface area contributed by atoms with Crippen LogP contribution < -0.4 is 39.6 Å². The van der Waals surface area contributed by atoms with Crippen molar-refractivity contribution in [3.63, 3.8) is 0 Å². The van der Waals surface area contributed by atoms with Crippen molar-refractivity contribution in [2.24, 2.45) is 0 Å². The summed E-state index contributed by atoms with van der Waals surface area (Å²) in [5.41, 5.74) is 1.16. The molecule has 0 aliphatic rings. The Morgan fingerprint density at radius 2 is 1.72 bits per heavy atom. The number of unbranched alkanes of at least 4 members (excludes halogenated alkanes) is 3. The molecule has 0 fully saturated rings. The fraction of sp³-hybridized carbons (Fsp3) is 0.267. The van der Waals surface area contributed by atoms with E-state index in [4.69, 9.17) is 27.9 Å². The summed E-state index contributed by atoms with van der Waals surface area (Å²) in [5, 5.41) is 12.3. The molecule has 220 valence electrons. The molecule has 3 aromatic carbocycles. The second-order valence-electron chi connectivity index (χ2n) is 9.39. The van der Waals surface area contributed by atoms with Crippen molar-refractivity contribution in [3.05, 3.63) is 91.6 Å². The smallest absolute Gasteiger partial charge is 0.542 e. The predicted octanol–water partition coefficient (Wildman–Crippen LogP) is 3.99. The van der Waals surface area contributed by atoms with Gasteiger partial charge in [-0.3, -0.25) is 9.59 Å². The van der Waals surface area contributed by atoms with Crippen molar-refractivity contribution >= 4 is 56.5 Å². The average Bonchev–Trinajstić information content (AvgIpc) is 2.94. The van der Waals surface area contributed by atoms with E-state index >= 15 is 0 Å². The molecule has 0 saturated carbocycles. The Balaban J connectivity index is 0.00000645. The molecule has 0 unspecified atom stereocenters. The van der Waals surface area contributed by atoms with Crippen LogP contribution in [0.3, 0.4) is 0 Å². The molecule has 0 atom stereocenters. The van der Waals surface area contributed by atoms with E-state index in [0.717, 1.165) is 19.3 Å². The maximum absolute atomic E-state index is 13.2. The van der Waals surface area contributed by atoms with Gasteiger partial charge in [-0.05, 0) is 79.9 Å². The van der Waals surface area contributed by atoms with Gasteiger partial charge in [-0.1, -0.05) is 49.4 Å². The summed E-state index contributed by atoms with van der Waals surface area (Å²) in [6.07, 6.45) is 3.42. The van der Waals surface area contributed by atoms with Crippen LogP contribution in [-0.2, 0) is 19.6 Å². The van der Waals surface area contributed by atoms with Gasteiger partial charge in [0.25, 0.3) is 5.91 Å². The maximum atomic E-state index is 13.2. The molecule has 0 aliphatic carbocycles. The first-order valence-electron chi connectivity index (χ1n) is 13.0. The molecule has 43 heavy (non-hydrogen) atoms. The summed E-state index contributed by atoms with van der Waals surface area (Å²) in [6, 6.07) is 14.4. The number of hydrogen-bond donors (Lipinski definition) is 1. The molecular weight excluding hydrogens is 624 g/mol. The molecule has 0 saturated heterocycles.